The van der Waals surface area contributed by atoms with Gasteiger partial charge in [-0.15, -0.1) is 0 Å². The average molecular weight is 340 g/mol. The molecular formula is C15H15Cl2N3O2. The Morgan fingerprint density at radius 1 is 1.27 bits per heavy atom. The minimum Gasteiger partial charge on any atom is -0.465 e. The molecule has 116 valence electrons. The van der Waals surface area contributed by atoms with Gasteiger partial charge in [-0.2, -0.15) is 5.10 Å². The summed E-state index contributed by atoms with van der Waals surface area (Å²) < 4.78 is 6.72. The van der Waals surface area contributed by atoms with Gasteiger partial charge in [0, 0.05) is 23.1 Å². The Hall–Kier alpha value is -1.72. The van der Waals surface area contributed by atoms with E-state index in [0.717, 1.165) is 24.5 Å². The Kier molecular flexibility index (Phi) is 4.02. The van der Waals surface area contributed by atoms with E-state index < -0.39 is 0 Å². The molecule has 2 heterocycles. The van der Waals surface area contributed by atoms with Crippen LogP contribution in [0.5, 0.6) is 0 Å². The Balaban J connectivity index is 1.95. The summed E-state index contributed by atoms with van der Waals surface area (Å²) in [5.41, 5.74) is 2.18. The molecule has 0 radical (unpaired) electrons. The number of rotatable bonds is 3. The molecule has 1 aromatic heterocycles. The highest BCUT2D eigenvalue weighted by atomic mass is 35.5. The van der Waals surface area contributed by atoms with Gasteiger partial charge in [0.05, 0.1) is 19.3 Å². The van der Waals surface area contributed by atoms with Crippen LogP contribution < -0.4 is 4.90 Å². The number of hydrogen-bond donors (Lipinski definition) is 0. The van der Waals surface area contributed by atoms with Crippen LogP contribution in [-0.2, 0) is 17.8 Å². The summed E-state index contributed by atoms with van der Waals surface area (Å²) in [6.45, 7) is 3.93. The predicted molar refractivity (Wildman–Crippen MR) is 85.8 cm³/mol. The minimum absolute atomic E-state index is 0.366. The van der Waals surface area contributed by atoms with E-state index in [1.54, 1.807) is 6.07 Å². The summed E-state index contributed by atoms with van der Waals surface area (Å²) in [6.07, 6.45) is 0. The van der Waals surface area contributed by atoms with Crippen LogP contribution in [0.2, 0.25) is 10.0 Å². The zero-order valence-corrected chi connectivity index (χ0v) is 13.8. The molecule has 1 aliphatic heterocycles. The molecule has 0 atom stereocenters. The largest absolute Gasteiger partial charge is 0.465 e. The normalized spacial score (nSPS) is 13.4. The van der Waals surface area contributed by atoms with Gasteiger partial charge in [-0.1, -0.05) is 23.2 Å². The van der Waals surface area contributed by atoms with Gasteiger partial charge >= 0.3 is 5.97 Å². The van der Waals surface area contributed by atoms with Gasteiger partial charge in [-0.25, -0.2) is 9.48 Å². The van der Waals surface area contributed by atoms with Crippen molar-refractivity contribution in [2.24, 2.45) is 0 Å². The van der Waals surface area contributed by atoms with Gasteiger partial charge < -0.3 is 9.64 Å². The summed E-state index contributed by atoms with van der Waals surface area (Å²) in [4.78, 5) is 14.1. The molecule has 1 aromatic carbocycles. The first kappa shape index (κ1) is 15.2. The van der Waals surface area contributed by atoms with Crippen molar-refractivity contribution < 1.29 is 9.53 Å². The summed E-state index contributed by atoms with van der Waals surface area (Å²) in [5, 5.41) is 5.60. The van der Waals surface area contributed by atoms with Crippen LogP contribution in [0.25, 0.3) is 0 Å². The van der Waals surface area contributed by atoms with Gasteiger partial charge in [-0.3, -0.25) is 0 Å². The van der Waals surface area contributed by atoms with Crippen LogP contribution in [0.3, 0.4) is 0 Å². The number of benzene rings is 1. The number of hydrogen-bond acceptors (Lipinski definition) is 4. The van der Waals surface area contributed by atoms with E-state index in [1.807, 2.05) is 23.7 Å². The number of halogens is 2. The van der Waals surface area contributed by atoms with Crippen LogP contribution in [0, 0.1) is 6.92 Å². The number of anilines is 1. The van der Waals surface area contributed by atoms with Crippen molar-refractivity contribution in [3.63, 3.8) is 0 Å². The quantitative estimate of drug-likeness (QED) is 0.805. The molecule has 22 heavy (non-hydrogen) atoms. The molecule has 1 aliphatic rings. The first-order chi connectivity index (χ1) is 10.5. The van der Waals surface area contributed by atoms with Crippen molar-refractivity contribution in [2.75, 3.05) is 18.6 Å². The molecule has 5 nitrogen and oxygen atoms in total. The highest BCUT2D eigenvalue weighted by molar-refractivity contribution is 6.34. The third-order valence-electron chi connectivity index (χ3n) is 3.67. The highest BCUT2D eigenvalue weighted by Crippen LogP contribution is 2.31. The Bertz CT molecular complexity index is 722. The van der Waals surface area contributed by atoms with E-state index in [0.29, 0.717) is 27.8 Å². The van der Waals surface area contributed by atoms with Crippen molar-refractivity contribution in [2.45, 2.75) is 20.0 Å². The van der Waals surface area contributed by atoms with E-state index in [2.05, 4.69) is 10.00 Å². The van der Waals surface area contributed by atoms with Crippen LogP contribution in [-0.4, -0.2) is 29.4 Å². The molecule has 0 saturated heterocycles. The fourth-order valence-electron chi connectivity index (χ4n) is 2.79. The molecule has 2 aromatic rings. The Morgan fingerprint density at radius 2 is 1.95 bits per heavy atom. The number of esters is 1. The van der Waals surface area contributed by atoms with Crippen LogP contribution in [0.1, 0.15) is 21.6 Å². The lowest BCUT2D eigenvalue weighted by Crippen LogP contribution is -2.22. The van der Waals surface area contributed by atoms with E-state index in [1.165, 1.54) is 7.11 Å². The van der Waals surface area contributed by atoms with Crippen LogP contribution in [0.4, 0.5) is 5.82 Å². The van der Waals surface area contributed by atoms with Crippen molar-refractivity contribution >= 4 is 35.0 Å². The smallest absolute Gasteiger partial charge is 0.343 e. The van der Waals surface area contributed by atoms with E-state index >= 15 is 0 Å². The van der Waals surface area contributed by atoms with E-state index in [4.69, 9.17) is 27.9 Å². The maximum atomic E-state index is 12.0. The molecule has 0 amide bonds. The maximum Gasteiger partial charge on any atom is 0.343 e. The lowest BCUT2D eigenvalue weighted by Gasteiger charge is -2.19. The van der Waals surface area contributed by atoms with Gasteiger partial charge in [0.15, 0.2) is 0 Å². The summed E-state index contributed by atoms with van der Waals surface area (Å²) in [7, 11) is 1.38. The zero-order valence-electron chi connectivity index (χ0n) is 12.3. The summed E-state index contributed by atoms with van der Waals surface area (Å²) >= 11 is 12.1. The number of carbonyl (C=O) groups is 1. The number of nitrogens with zero attached hydrogens (tertiary/aromatic N) is 3. The Labute approximate surface area is 138 Å². The monoisotopic (exact) mass is 339 g/mol. The first-order valence-corrected chi connectivity index (χ1v) is 7.61. The lowest BCUT2D eigenvalue weighted by atomic mass is 10.2. The molecule has 0 fully saturated rings. The molecule has 0 N–H and O–H groups in total. The molecular weight excluding hydrogens is 325 g/mol. The first-order valence-electron chi connectivity index (χ1n) is 6.85. The second-order valence-corrected chi connectivity index (χ2v) is 6.07. The van der Waals surface area contributed by atoms with Crippen LogP contribution in [0.15, 0.2) is 18.2 Å². The van der Waals surface area contributed by atoms with Crippen molar-refractivity contribution in [1.29, 1.82) is 0 Å². The van der Waals surface area contributed by atoms with Gasteiger partial charge in [0.2, 0.25) is 0 Å². The maximum absolute atomic E-state index is 12.0. The van der Waals surface area contributed by atoms with Crippen LogP contribution >= 0.6 is 23.2 Å². The molecule has 0 spiro atoms. The molecule has 0 aliphatic carbocycles. The number of carbonyl (C=O) groups excluding carboxylic acids is 1. The van der Waals surface area contributed by atoms with Crippen molar-refractivity contribution in [3.8, 4) is 0 Å². The number of aryl methyl sites for hydroxylation is 1. The van der Waals surface area contributed by atoms with Gasteiger partial charge in [0.1, 0.15) is 11.4 Å². The molecule has 0 saturated carbocycles. The number of fused-ring (bicyclic) bond motifs is 1. The average Bonchev–Trinajstić information content (AvgIpc) is 2.96. The number of ether oxygens (including phenoxy) is 1. The predicted octanol–water partition coefficient (Wildman–Crippen LogP) is 3.31. The SMILES string of the molecule is COC(=O)c1c(C)nn2c1N(Cc1cc(Cl)cc(Cl)c1)CC2. The highest BCUT2D eigenvalue weighted by Gasteiger charge is 2.30. The fourth-order valence-corrected chi connectivity index (χ4v) is 3.36. The fraction of sp³-hybridized carbons (Fsp3) is 0.333. The lowest BCUT2D eigenvalue weighted by molar-refractivity contribution is 0.0600. The van der Waals surface area contributed by atoms with Gasteiger partial charge in [0.25, 0.3) is 0 Å². The zero-order chi connectivity index (χ0) is 15.9. The van der Waals surface area contributed by atoms with Crippen molar-refractivity contribution in [3.05, 3.63) is 45.1 Å². The topological polar surface area (TPSA) is 47.4 Å². The van der Waals surface area contributed by atoms with E-state index in [-0.39, 0.29) is 5.97 Å². The molecule has 3 rings (SSSR count). The number of aromatic nitrogens is 2. The second kappa shape index (κ2) is 5.82. The third kappa shape index (κ3) is 2.66. The van der Waals surface area contributed by atoms with Crippen molar-refractivity contribution in [1.82, 2.24) is 9.78 Å². The van der Waals surface area contributed by atoms with E-state index in [9.17, 15) is 4.79 Å². The standard InChI is InChI=1S/C15H15Cl2N3O2/c1-9-13(15(21)22-2)14-19(3-4-20(14)18-9)8-10-5-11(16)7-12(17)6-10/h5-7H,3-4,8H2,1-2H3. The number of methoxy groups -OCH3 is 1. The molecule has 0 bridgehead atoms. The minimum atomic E-state index is -0.366. The van der Waals surface area contributed by atoms with Gasteiger partial charge in [-0.05, 0) is 30.7 Å². The molecule has 7 heteroatoms. The Morgan fingerprint density at radius 3 is 2.59 bits per heavy atom. The second-order valence-electron chi connectivity index (χ2n) is 5.20. The third-order valence-corrected chi connectivity index (χ3v) is 4.10. The molecule has 0 unspecified atom stereocenters. The summed E-state index contributed by atoms with van der Waals surface area (Å²) in [5.74, 6) is 0.426. The summed E-state index contributed by atoms with van der Waals surface area (Å²) in [6, 6.07) is 5.44.